The normalized spacial score (nSPS) is 19.0. The molecule has 96 valence electrons. The molecule has 0 bridgehead atoms. The van der Waals surface area contributed by atoms with Gasteiger partial charge in [-0.3, -0.25) is 10.1 Å². The van der Waals surface area contributed by atoms with Crippen molar-refractivity contribution in [1.29, 1.82) is 0 Å². The highest BCUT2D eigenvalue weighted by molar-refractivity contribution is 5.66. The molecule has 0 amide bonds. The molecule has 0 aliphatic heterocycles. The van der Waals surface area contributed by atoms with E-state index >= 15 is 0 Å². The number of rotatable bonds is 5. The zero-order valence-electron chi connectivity index (χ0n) is 10.6. The molecule has 3 rings (SSSR count). The average molecular weight is 246 g/mol. The summed E-state index contributed by atoms with van der Waals surface area (Å²) in [4.78, 5) is 10.8. The third-order valence-electron chi connectivity index (χ3n) is 4.02. The summed E-state index contributed by atoms with van der Waals surface area (Å²) in [6.45, 7) is 1.94. The lowest BCUT2D eigenvalue weighted by atomic mass is 10.1. The van der Waals surface area contributed by atoms with Gasteiger partial charge in [0.1, 0.15) is 5.69 Å². The van der Waals surface area contributed by atoms with Crippen LogP contribution in [0.3, 0.4) is 0 Å². The highest BCUT2D eigenvalue weighted by Crippen LogP contribution is 2.46. The van der Waals surface area contributed by atoms with E-state index in [-0.39, 0.29) is 10.6 Å². The van der Waals surface area contributed by atoms with Crippen LogP contribution in [0, 0.1) is 28.9 Å². The molecular formula is C14H18N2O2. The molecule has 2 saturated carbocycles. The number of nitro benzene ring substituents is 1. The molecule has 18 heavy (non-hydrogen) atoms. The first-order chi connectivity index (χ1) is 8.66. The van der Waals surface area contributed by atoms with E-state index in [4.69, 9.17) is 0 Å². The molecule has 0 heterocycles. The Labute approximate surface area is 107 Å². The van der Waals surface area contributed by atoms with Gasteiger partial charge in [-0.15, -0.1) is 0 Å². The first-order valence-corrected chi connectivity index (χ1v) is 6.67. The number of nitrogens with zero attached hydrogens (tertiary/aromatic N) is 1. The summed E-state index contributed by atoms with van der Waals surface area (Å²) in [5.74, 6) is 1.47. The molecule has 1 N–H and O–H groups in total. The highest BCUT2D eigenvalue weighted by atomic mass is 16.6. The summed E-state index contributed by atoms with van der Waals surface area (Å²) >= 11 is 0. The molecule has 1 aromatic carbocycles. The van der Waals surface area contributed by atoms with E-state index in [2.05, 4.69) is 5.32 Å². The number of para-hydroxylation sites is 1. The average Bonchev–Trinajstić information content (AvgIpc) is 3.19. The molecule has 2 fully saturated rings. The van der Waals surface area contributed by atoms with Crippen molar-refractivity contribution in [3.8, 4) is 0 Å². The van der Waals surface area contributed by atoms with Crippen molar-refractivity contribution in [3.63, 3.8) is 0 Å². The van der Waals surface area contributed by atoms with Crippen LogP contribution < -0.4 is 5.32 Å². The van der Waals surface area contributed by atoms with Gasteiger partial charge in [-0.2, -0.15) is 0 Å². The zero-order valence-corrected chi connectivity index (χ0v) is 10.6. The van der Waals surface area contributed by atoms with Gasteiger partial charge >= 0.3 is 0 Å². The van der Waals surface area contributed by atoms with Gasteiger partial charge in [0.05, 0.1) is 4.92 Å². The Kier molecular flexibility index (Phi) is 2.73. The largest absolute Gasteiger partial charge is 0.376 e. The Balaban J connectivity index is 1.88. The Bertz CT molecular complexity index is 467. The van der Waals surface area contributed by atoms with Crippen LogP contribution in [0.25, 0.3) is 0 Å². The second-order valence-corrected chi connectivity index (χ2v) is 5.57. The molecule has 0 atom stereocenters. The van der Waals surface area contributed by atoms with Gasteiger partial charge < -0.3 is 5.32 Å². The van der Waals surface area contributed by atoms with Gasteiger partial charge in [-0.05, 0) is 50.0 Å². The molecule has 0 unspecified atom stereocenters. The van der Waals surface area contributed by atoms with E-state index in [0.717, 1.165) is 23.1 Å². The van der Waals surface area contributed by atoms with Crippen LogP contribution in [-0.4, -0.2) is 11.0 Å². The molecule has 0 radical (unpaired) electrons. The van der Waals surface area contributed by atoms with Crippen LogP contribution in [0.4, 0.5) is 11.4 Å². The SMILES string of the molecule is Cc1cccc([N+](=O)[O-])c1NC(C1CC1)C1CC1. The van der Waals surface area contributed by atoms with Crippen molar-refractivity contribution in [2.24, 2.45) is 11.8 Å². The first kappa shape index (κ1) is 11.5. The Morgan fingerprint density at radius 1 is 1.28 bits per heavy atom. The standard InChI is InChI=1S/C14H18N2O2/c1-9-3-2-4-12(16(17)18)13(9)15-14(10-5-6-10)11-7-8-11/h2-4,10-11,14-15H,5-8H2,1H3. The van der Waals surface area contributed by atoms with Gasteiger partial charge in [0.15, 0.2) is 0 Å². The Hall–Kier alpha value is -1.58. The van der Waals surface area contributed by atoms with Crippen molar-refractivity contribution in [2.45, 2.75) is 38.6 Å². The fourth-order valence-electron chi connectivity index (χ4n) is 2.69. The van der Waals surface area contributed by atoms with Crippen molar-refractivity contribution in [1.82, 2.24) is 0 Å². The van der Waals surface area contributed by atoms with Gasteiger partial charge in [-0.25, -0.2) is 0 Å². The smallest absolute Gasteiger partial charge is 0.292 e. The monoisotopic (exact) mass is 246 g/mol. The van der Waals surface area contributed by atoms with Crippen molar-refractivity contribution in [2.75, 3.05) is 5.32 Å². The van der Waals surface area contributed by atoms with E-state index < -0.39 is 0 Å². The third-order valence-corrected chi connectivity index (χ3v) is 4.02. The van der Waals surface area contributed by atoms with E-state index in [1.807, 2.05) is 13.0 Å². The van der Waals surface area contributed by atoms with Crippen LogP contribution in [0.15, 0.2) is 18.2 Å². The first-order valence-electron chi connectivity index (χ1n) is 6.67. The lowest BCUT2D eigenvalue weighted by molar-refractivity contribution is -0.384. The van der Waals surface area contributed by atoms with Gasteiger partial charge in [0.2, 0.25) is 0 Å². The van der Waals surface area contributed by atoms with Crippen molar-refractivity contribution in [3.05, 3.63) is 33.9 Å². The molecule has 2 aliphatic carbocycles. The Morgan fingerprint density at radius 3 is 2.39 bits per heavy atom. The van der Waals surface area contributed by atoms with Crippen LogP contribution in [-0.2, 0) is 0 Å². The predicted octanol–water partition coefficient (Wildman–Crippen LogP) is 3.50. The van der Waals surface area contributed by atoms with Gasteiger partial charge in [-0.1, -0.05) is 12.1 Å². The predicted molar refractivity (Wildman–Crippen MR) is 70.7 cm³/mol. The quantitative estimate of drug-likeness (QED) is 0.639. The lowest BCUT2D eigenvalue weighted by Gasteiger charge is -2.20. The number of nitro groups is 1. The number of nitrogens with one attached hydrogen (secondary N) is 1. The number of hydrogen-bond acceptors (Lipinski definition) is 3. The van der Waals surface area contributed by atoms with Gasteiger partial charge in [0, 0.05) is 12.1 Å². The maximum absolute atomic E-state index is 11.1. The van der Waals surface area contributed by atoms with E-state index in [1.54, 1.807) is 12.1 Å². The van der Waals surface area contributed by atoms with Crippen LogP contribution in [0.1, 0.15) is 31.2 Å². The fourth-order valence-corrected chi connectivity index (χ4v) is 2.69. The maximum Gasteiger partial charge on any atom is 0.292 e. The molecule has 4 nitrogen and oxygen atoms in total. The molecular weight excluding hydrogens is 228 g/mol. The Morgan fingerprint density at radius 2 is 1.89 bits per heavy atom. The van der Waals surface area contributed by atoms with Crippen molar-refractivity contribution < 1.29 is 4.92 Å². The summed E-state index contributed by atoms with van der Waals surface area (Å²) < 4.78 is 0. The lowest BCUT2D eigenvalue weighted by Crippen LogP contribution is -2.25. The molecule has 2 aliphatic rings. The minimum absolute atomic E-state index is 0.210. The minimum Gasteiger partial charge on any atom is -0.376 e. The second-order valence-electron chi connectivity index (χ2n) is 5.57. The minimum atomic E-state index is -0.286. The topological polar surface area (TPSA) is 55.2 Å². The second kappa shape index (κ2) is 4.26. The molecule has 0 aromatic heterocycles. The summed E-state index contributed by atoms with van der Waals surface area (Å²) in [6.07, 6.45) is 5.09. The molecule has 0 spiro atoms. The number of hydrogen-bond donors (Lipinski definition) is 1. The van der Waals surface area contributed by atoms with Crippen LogP contribution >= 0.6 is 0 Å². The summed E-state index contributed by atoms with van der Waals surface area (Å²) in [5.41, 5.74) is 1.91. The van der Waals surface area contributed by atoms with E-state index in [0.29, 0.717) is 6.04 Å². The van der Waals surface area contributed by atoms with E-state index in [1.165, 1.54) is 25.7 Å². The van der Waals surface area contributed by atoms with Crippen LogP contribution in [0.2, 0.25) is 0 Å². The molecule has 4 heteroatoms. The van der Waals surface area contributed by atoms with Crippen LogP contribution in [0.5, 0.6) is 0 Å². The maximum atomic E-state index is 11.1. The number of benzene rings is 1. The van der Waals surface area contributed by atoms with E-state index in [9.17, 15) is 10.1 Å². The van der Waals surface area contributed by atoms with Crippen molar-refractivity contribution >= 4 is 11.4 Å². The molecule has 0 saturated heterocycles. The number of anilines is 1. The zero-order chi connectivity index (χ0) is 12.7. The highest BCUT2D eigenvalue weighted by Gasteiger charge is 2.42. The fraction of sp³-hybridized carbons (Fsp3) is 0.571. The summed E-state index contributed by atoms with van der Waals surface area (Å²) in [7, 11) is 0. The molecule has 1 aromatic rings. The van der Waals surface area contributed by atoms with Gasteiger partial charge in [0.25, 0.3) is 5.69 Å². The summed E-state index contributed by atoms with van der Waals surface area (Å²) in [6, 6.07) is 5.73. The number of aryl methyl sites for hydroxylation is 1. The third kappa shape index (κ3) is 2.19. The summed E-state index contributed by atoms with van der Waals surface area (Å²) in [5, 5.41) is 14.6.